The van der Waals surface area contributed by atoms with Crippen molar-refractivity contribution in [3.63, 3.8) is 0 Å². The Morgan fingerprint density at radius 3 is 2.74 bits per heavy atom. The standard InChI is InChI=1S/C23H20N2OS5/c1-12-9-13(2)19-14(10-12)18-20(30-31-21(18)27)23(3,4)25(19)17(26)11-28-22-24-15-7-5-6-8-16(15)29-22/h5-10H,11H2,1-4H3. The highest BCUT2D eigenvalue weighted by Gasteiger charge is 2.43. The molecule has 5 rings (SSSR count). The lowest BCUT2D eigenvalue weighted by molar-refractivity contribution is -0.117. The first-order valence-corrected chi connectivity index (χ1v) is 14.2. The van der Waals surface area contributed by atoms with E-state index in [0.29, 0.717) is 5.75 Å². The topological polar surface area (TPSA) is 33.2 Å². The van der Waals surface area contributed by atoms with Gasteiger partial charge in [0.1, 0.15) is 3.82 Å². The molecule has 1 amide bonds. The molecule has 31 heavy (non-hydrogen) atoms. The van der Waals surface area contributed by atoms with E-state index in [1.54, 1.807) is 32.0 Å². The fourth-order valence-electron chi connectivity index (χ4n) is 4.26. The van der Waals surface area contributed by atoms with E-state index < -0.39 is 5.54 Å². The molecular formula is C23H20N2OS5. The Hall–Kier alpha value is -1.58. The number of thiazole rings is 1. The number of carbonyl (C=O) groups is 1. The zero-order chi connectivity index (χ0) is 21.9. The summed E-state index contributed by atoms with van der Waals surface area (Å²) in [6.45, 7) is 8.45. The van der Waals surface area contributed by atoms with E-state index in [-0.39, 0.29) is 5.91 Å². The van der Waals surface area contributed by atoms with Gasteiger partial charge >= 0.3 is 0 Å². The van der Waals surface area contributed by atoms with E-state index in [4.69, 9.17) is 12.2 Å². The number of hydrogen-bond donors (Lipinski definition) is 0. The number of amides is 1. The van der Waals surface area contributed by atoms with Crippen molar-refractivity contribution in [2.45, 2.75) is 37.6 Å². The first kappa shape index (κ1) is 21.3. The second-order valence-corrected chi connectivity index (χ2v) is 13.2. The summed E-state index contributed by atoms with van der Waals surface area (Å²) < 4.78 is 2.99. The van der Waals surface area contributed by atoms with Crippen LogP contribution >= 0.6 is 56.0 Å². The summed E-state index contributed by atoms with van der Waals surface area (Å²) in [6.07, 6.45) is 0. The largest absolute Gasteiger partial charge is 0.300 e. The average molecular weight is 501 g/mol. The van der Waals surface area contributed by atoms with Crippen LogP contribution < -0.4 is 4.90 Å². The van der Waals surface area contributed by atoms with Crippen molar-refractivity contribution >= 4 is 77.8 Å². The quantitative estimate of drug-likeness (QED) is 0.163. The maximum absolute atomic E-state index is 13.7. The molecule has 4 aromatic rings. The summed E-state index contributed by atoms with van der Waals surface area (Å²) in [4.78, 5) is 21.5. The van der Waals surface area contributed by atoms with Gasteiger partial charge in [0.2, 0.25) is 5.91 Å². The molecule has 2 aromatic heterocycles. The van der Waals surface area contributed by atoms with Crippen LogP contribution in [0.5, 0.6) is 0 Å². The van der Waals surface area contributed by atoms with Gasteiger partial charge in [-0.2, -0.15) is 0 Å². The Morgan fingerprint density at radius 2 is 1.97 bits per heavy atom. The third-order valence-electron chi connectivity index (χ3n) is 5.53. The molecule has 0 bridgehead atoms. The normalized spacial score (nSPS) is 14.5. The highest BCUT2D eigenvalue weighted by atomic mass is 32.9. The van der Waals surface area contributed by atoms with Gasteiger partial charge in [0, 0.05) is 11.1 Å². The third-order valence-corrected chi connectivity index (χ3v) is 11.0. The van der Waals surface area contributed by atoms with Crippen LogP contribution in [0.15, 0.2) is 40.7 Å². The number of aryl methyl sites for hydroxylation is 2. The Balaban J connectivity index is 1.55. The highest BCUT2D eigenvalue weighted by molar-refractivity contribution is 8.01. The third kappa shape index (κ3) is 3.49. The summed E-state index contributed by atoms with van der Waals surface area (Å²) in [5, 5.41) is 0. The van der Waals surface area contributed by atoms with Crippen molar-refractivity contribution < 1.29 is 4.79 Å². The lowest BCUT2D eigenvalue weighted by atomic mass is 9.85. The van der Waals surface area contributed by atoms with Crippen LogP contribution in [0.3, 0.4) is 0 Å². The monoisotopic (exact) mass is 500 g/mol. The molecular weight excluding hydrogens is 481 g/mol. The van der Waals surface area contributed by atoms with E-state index in [0.717, 1.165) is 40.8 Å². The van der Waals surface area contributed by atoms with Gasteiger partial charge in [-0.3, -0.25) is 4.79 Å². The van der Waals surface area contributed by atoms with Gasteiger partial charge in [0.05, 0.1) is 32.1 Å². The summed E-state index contributed by atoms with van der Waals surface area (Å²) in [5.74, 6) is 0.443. The molecule has 1 aliphatic rings. The molecule has 158 valence electrons. The molecule has 1 aliphatic heterocycles. The maximum atomic E-state index is 13.7. The number of fused-ring (bicyclic) bond motifs is 4. The number of rotatable bonds is 3. The Bertz CT molecular complexity index is 1360. The van der Waals surface area contributed by atoms with E-state index in [9.17, 15) is 4.79 Å². The molecule has 3 heterocycles. The minimum absolute atomic E-state index is 0.0948. The zero-order valence-electron chi connectivity index (χ0n) is 17.5. The lowest BCUT2D eigenvalue weighted by Crippen LogP contribution is -2.49. The molecule has 8 heteroatoms. The van der Waals surface area contributed by atoms with Crippen LogP contribution in [0.25, 0.3) is 21.3 Å². The van der Waals surface area contributed by atoms with Gasteiger partial charge in [-0.05, 0) is 51.5 Å². The number of hydrogen-bond acceptors (Lipinski definition) is 7. The number of thioether (sulfide) groups is 1. The summed E-state index contributed by atoms with van der Waals surface area (Å²) in [6, 6.07) is 12.4. The molecule has 0 saturated carbocycles. The van der Waals surface area contributed by atoms with Gasteiger partial charge in [-0.1, -0.05) is 68.4 Å². The number of nitrogens with zero attached hydrogens (tertiary/aromatic N) is 2. The predicted molar refractivity (Wildman–Crippen MR) is 139 cm³/mol. The Labute approximate surface area is 202 Å². The highest BCUT2D eigenvalue weighted by Crippen LogP contribution is 2.53. The van der Waals surface area contributed by atoms with Crippen molar-refractivity contribution in [2.24, 2.45) is 0 Å². The van der Waals surface area contributed by atoms with Gasteiger partial charge < -0.3 is 4.90 Å². The number of benzene rings is 2. The fraction of sp³-hybridized carbons (Fsp3) is 0.261. The van der Waals surface area contributed by atoms with Gasteiger partial charge in [0.25, 0.3) is 0 Å². The Morgan fingerprint density at radius 1 is 1.19 bits per heavy atom. The molecule has 2 aromatic carbocycles. The molecule has 0 spiro atoms. The minimum atomic E-state index is -0.453. The number of anilines is 1. The average Bonchev–Trinajstić information content (AvgIpc) is 3.31. The minimum Gasteiger partial charge on any atom is -0.300 e. The van der Waals surface area contributed by atoms with Crippen molar-refractivity contribution in [3.8, 4) is 11.1 Å². The van der Waals surface area contributed by atoms with E-state index >= 15 is 0 Å². The number of aromatic nitrogens is 1. The molecule has 0 aliphatic carbocycles. The van der Waals surface area contributed by atoms with Crippen LogP contribution in [-0.4, -0.2) is 16.6 Å². The van der Waals surface area contributed by atoms with Crippen LogP contribution in [-0.2, 0) is 10.3 Å². The molecule has 3 nitrogen and oxygen atoms in total. The molecule has 0 N–H and O–H groups in total. The summed E-state index contributed by atoms with van der Waals surface area (Å²) in [5.41, 5.74) is 6.05. The zero-order valence-corrected chi connectivity index (χ0v) is 21.6. The maximum Gasteiger partial charge on any atom is 0.238 e. The van der Waals surface area contributed by atoms with Crippen LogP contribution in [0.2, 0.25) is 0 Å². The van der Waals surface area contributed by atoms with Crippen molar-refractivity contribution in [3.05, 3.63) is 56.2 Å². The number of para-hydroxylation sites is 1. The number of carbonyl (C=O) groups excluding carboxylic acids is 1. The second-order valence-electron chi connectivity index (χ2n) is 8.16. The fourth-order valence-corrected chi connectivity index (χ4v) is 9.46. The summed E-state index contributed by atoms with van der Waals surface area (Å²) >= 11 is 8.86. The van der Waals surface area contributed by atoms with Crippen molar-refractivity contribution in [1.29, 1.82) is 0 Å². The Kier molecular flexibility index (Phi) is 5.34. The first-order valence-electron chi connectivity index (χ1n) is 9.84. The van der Waals surface area contributed by atoms with E-state index in [2.05, 4.69) is 50.9 Å². The van der Waals surface area contributed by atoms with Crippen molar-refractivity contribution in [2.75, 3.05) is 10.7 Å². The van der Waals surface area contributed by atoms with Crippen LogP contribution in [0.4, 0.5) is 5.69 Å². The smallest absolute Gasteiger partial charge is 0.238 e. The SMILES string of the molecule is Cc1cc(C)c2c(c1)-c1c(ssc1=S)C(C)(C)N2C(=O)CSc1nc2ccccc2s1. The molecule has 0 atom stereocenters. The molecule has 0 fully saturated rings. The summed E-state index contributed by atoms with van der Waals surface area (Å²) in [7, 11) is 3.33. The molecule has 0 saturated heterocycles. The van der Waals surface area contributed by atoms with Crippen molar-refractivity contribution in [1.82, 2.24) is 4.98 Å². The van der Waals surface area contributed by atoms with Gasteiger partial charge in [-0.25, -0.2) is 4.98 Å². The van der Waals surface area contributed by atoms with E-state index in [1.165, 1.54) is 22.2 Å². The van der Waals surface area contributed by atoms with Crippen LogP contribution in [0, 0.1) is 17.7 Å². The second kappa shape index (κ2) is 7.78. The predicted octanol–water partition coefficient (Wildman–Crippen LogP) is 7.81. The van der Waals surface area contributed by atoms with Gasteiger partial charge in [0.15, 0.2) is 4.34 Å². The molecule has 0 radical (unpaired) electrons. The van der Waals surface area contributed by atoms with Gasteiger partial charge in [-0.15, -0.1) is 11.3 Å². The molecule has 0 unspecified atom stereocenters. The van der Waals surface area contributed by atoms with Crippen LogP contribution in [0.1, 0.15) is 29.9 Å². The lowest BCUT2D eigenvalue weighted by Gasteiger charge is -2.44. The van der Waals surface area contributed by atoms with E-state index in [1.807, 2.05) is 23.1 Å². The first-order chi connectivity index (χ1) is 14.8.